The van der Waals surface area contributed by atoms with Gasteiger partial charge in [-0.1, -0.05) is 35.5 Å². The molecule has 0 bridgehead atoms. The molecule has 94 valence electrons. The van der Waals surface area contributed by atoms with Crippen molar-refractivity contribution in [2.45, 2.75) is 12.3 Å². The van der Waals surface area contributed by atoms with E-state index in [1.54, 1.807) is 30.3 Å². The first-order valence-corrected chi connectivity index (χ1v) is 5.16. The van der Waals surface area contributed by atoms with Gasteiger partial charge in [0, 0.05) is 6.42 Å². The van der Waals surface area contributed by atoms with Crippen LogP contribution >= 0.6 is 0 Å². The van der Waals surface area contributed by atoms with Gasteiger partial charge in [-0.2, -0.15) is 5.01 Å². The summed E-state index contributed by atoms with van der Waals surface area (Å²) in [4.78, 5) is 34.0. The van der Waals surface area contributed by atoms with E-state index in [1.807, 2.05) is 0 Å². The van der Waals surface area contributed by atoms with E-state index in [4.69, 9.17) is 10.3 Å². The van der Waals surface area contributed by atoms with Crippen LogP contribution < -0.4 is 0 Å². The molecule has 0 saturated carbocycles. The van der Waals surface area contributed by atoms with Crippen LogP contribution in [0.4, 0.5) is 4.79 Å². The first-order valence-electron chi connectivity index (χ1n) is 5.16. The lowest BCUT2D eigenvalue weighted by Gasteiger charge is -2.20. The molecule has 1 fully saturated rings. The second-order valence-corrected chi connectivity index (χ2v) is 3.78. The molecule has 1 unspecified atom stereocenters. The van der Waals surface area contributed by atoms with Gasteiger partial charge in [-0.3, -0.25) is 14.8 Å². The van der Waals surface area contributed by atoms with E-state index < -0.39 is 23.8 Å². The maximum Gasteiger partial charge on any atom is 0.452 e. The third-order valence-corrected chi connectivity index (χ3v) is 2.68. The molecule has 1 aromatic carbocycles. The van der Waals surface area contributed by atoms with Crippen molar-refractivity contribution in [2.24, 2.45) is 0 Å². The zero-order chi connectivity index (χ0) is 13.3. The molecule has 1 atom stereocenters. The smallest absolute Gasteiger partial charge is 0.452 e. The first-order chi connectivity index (χ1) is 8.52. The van der Waals surface area contributed by atoms with E-state index in [9.17, 15) is 14.4 Å². The Bertz CT molecular complexity index is 501. The van der Waals surface area contributed by atoms with Gasteiger partial charge < -0.3 is 5.11 Å². The highest BCUT2D eigenvalue weighted by Crippen LogP contribution is 2.29. The predicted molar refractivity (Wildman–Crippen MR) is 57.3 cm³/mol. The fraction of sp³-hybridized carbons (Fsp3) is 0.182. The van der Waals surface area contributed by atoms with Crippen molar-refractivity contribution >= 4 is 17.9 Å². The molecule has 0 radical (unpaired) electrons. The first kappa shape index (κ1) is 12.1. The Hall–Kier alpha value is -2.41. The van der Waals surface area contributed by atoms with Gasteiger partial charge in [-0.05, 0) is 5.56 Å². The molecular formula is C11H10N2O5. The fourth-order valence-electron chi connectivity index (χ4n) is 1.85. The SMILES string of the molecule is O=C(O)N(O)N1C(=O)CC(c2ccccc2)C1=O. The van der Waals surface area contributed by atoms with Crippen LogP contribution in [0.15, 0.2) is 30.3 Å². The number of rotatable bonds is 2. The molecule has 2 rings (SSSR count). The standard InChI is InChI=1S/C11H10N2O5/c14-9-6-8(7-4-2-1-3-5-7)10(15)12(9)13(18)11(16)17/h1-5,8,18H,6H2,(H,16,17). The van der Waals surface area contributed by atoms with Gasteiger partial charge in [-0.15, -0.1) is 0 Å². The molecule has 18 heavy (non-hydrogen) atoms. The van der Waals surface area contributed by atoms with Crippen LogP contribution in [0.5, 0.6) is 0 Å². The molecule has 1 aliphatic rings. The number of hydrazine groups is 1. The number of hydroxylamine groups is 1. The lowest BCUT2D eigenvalue weighted by molar-refractivity contribution is -0.209. The van der Waals surface area contributed by atoms with Crippen LogP contribution in [0.1, 0.15) is 17.9 Å². The number of carboxylic acid groups (broad SMARTS) is 1. The number of carbonyl (C=O) groups excluding carboxylic acids is 2. The quantitative estimate of drug-likeness (QED) is 0.460. The third kappa shape index (κ3) is 1.91. The van der Waals surface area contributed by atoms with E-state index in [0.717, 1.165) is 0 Å². The molecule has 0 spiro atoms. The monoisotopic (exact) mass is 250 g/mol. The van der Waals surface area contributed by atoms with Gasteiger partial charge in [0.2, 0.25) is 0 Å². The van der Waals surface area contributed by atoms with Gasteiger partial charge in [-0.25, -0.2) is 4.79 Å². The Morgan fingerprint density at radius 1 is 1.28 bits per heavy atom. The highest BCUT2D eigenvalue weighted by molar-refractivity contribution is 6.06. The maximum absolute atomic E-state index is 11.9. The number of benzene rings is 1. The largest absolute Gasteiger partial charge is 0.462 e. The third-order valence-electron chi connectivity index (χ3n) is 2.68. The van der Waals surface area contributed by atoms with Crippen molar-refractivity contribution in [3.63, 3.8) is 0 Å². The Morgan fingerprint density at radius 3 is 2.44 bits per heavy atom. The van der Waals surface area contributed by atoms with Gasteiger partial charge in [0.1, 0.15) is 0 Å². The van der Waals surface area contributed by atoms with E-state index >= 15 is 0 Å². The molecule has 7 nitrogen and oxygen atoms in total. The van der Waals surface area contributed by atoms with Gasteiger partial charge in [0.25, 0.3) is 11.8 Å². The molecular weight excluding hydrogens is 240 g/mol. The lowest BCUT2D eigenvalue weighted by Crippen LogP contribution is -2.47. The van der Waals surface area contributed by atoms with Crippen molar-refractivity contribution in [1.82, 2.24) is 10.2 Å². The Labute approximate surface area is 102 Å². The van der Waals surface area contributed by atoms with Crippen molar-refractivity contribution in [1.29, 1.82) is 0 Å². The van der Waals surface area contributed by atoms with Crippen molar-refractivity contribution in [3.8, 4) is 0 Å². The van der Waals surface area contributed by atoms with Crippen molar-refractivity contribution < 1.29 is 24.7 Å². The minimum atomic E-state index is -1.79. The minimum Gasteiger partial charge on any atom is -0.462 e. The van der Waals surface area contributed by atoms with E-state index in [-0.39, 0.29) is 16.6 Å². The summed E-state index contributed by atoms with van der Waals surface area (Å²) in [7, 11) is 0. The molecule has 2 N–H and O–H groups in total. The topological polar surface area (TPSA) is 98.1 Å². The minimum absolute atomic E-state index is 0.160. The summed E-state index contributed by atoms with van der Waals surface area (Å²) in [5.74, 6) is -2.26. The molecule has 1 saturated heterocycles. The number of nitrogens with zero attached hydrogens (tertiary/aromatic N) is 2. The lowest BCUT2D eigenvalue weighted by atomic mass is 9.98. The molecule has 0 aromatic heterocycles. The van der Waals surface area contributed by atoms with E-state index in [2.05, 4.69) is 0 Å². The summed E-state index contributed by atoms with van der Waals surface area (Å²) < 4.78 is 0. The van der Waals surface area contributed by atoms with Crippen LogP contribution in [0.3, 0.4) is 0 Å². The van der Waals surface area contributed by atoms with Gasteiger partial charge in [0.05, 0.1) is 5.92 Å². The van der Waals surface area contributed by atoms with Crippen LogP contribution in [-0.4, -0.2) is 38.4 Å². The van der Waals surface area contributed by atoms with Crippen molar-refractivity contribution in [3.05, 3.63) is 35.9 Å². The second-order valence-electron chi connectivity index (χ2n) is 3.78. The van der Waals surface area contributed by atoms with E-state index in [1.165, 1.54) is 0 Å². The van der Waals surface area contributed by atoms with Gasteiger partial charge >= 0.3 is 6.09 Å². The summed E-state index contributed by atoms with van der Waals surface area (Å²) in [6.07, 6.45) is -1.95. The Morgan fingerprint density at radius 2 is 1.89 bits per heavy atom. The predicted octanol–water partition coefficient (Wildman–Crippen LogP) is 0.813. The van der Waals surface area contributed by atoms with Crippen LogP contribution in [0.2, 0.25) is 0 Å². The van der Waals surface area contributed by atoms with Crippen LogP contribution in [-0.2, 0) is 9.59 Å². The number of amides is 3. The zero-order valence-corrected chi connectivity index (χ0v) is 9.18. The second kappa shape index (κ2) is 4.46. The summed E-state index contributed by atoms with van der Waals surface area (Å²) in [6.45, 7) is 0. The Kier molecular flexibility index (Phi) is 2.99. The molecule has 7 heteroatoms. The van der Waals surface area contributed by atoms with Crippen LogP contribution in [0.25, 0.3) is 0 Å². The summed E-state index contributed by atoms with van der Waals surface area (Å²) in [5, 5.41) is 17.6. The van der Waals surface area contributed by atoms with Gasteiger partial charge in [0.15, 0.2) is 0 Å². The number of hydrogen-bond donors (Lipinski definition) is 2. The number of carbonyl (C=O) groups is 3. The highest BCUT2D eigenvalue weighted by Gasteiger charge is 2.44. The fourth-order valence-corrected chi connectivity index (χ4v) is 1.85. The zero-order valence-electron chi connectivity index (χ0n) is 9.18. The highest BCUT2D eigenvalue weighted by atomic mass is 16.6. The number of hydrogen-bond acceptors (Lipinski definition) is 4. The van der Waals surface area contributed by atoms with Crippen molar-refractivity contribution in [2.75, 3.05) is 0 Å². The molecule has 1 heterocycles. The average molecular weight is 250 g/mol. The molecule has 1 aromatic rings. The molecule has 0 aliphatic carbocycles. The summed E-state index contributed by atoms with van der Waals surface area (Å²) in [5.41, 5.74) is 0.608. The van der Waals surface area contributed by atoms with E-state index in [0.29, 0.717) is 5.56 Å². The maximum atomic E-state index is 11.9. The Balaban J connectivity index is 2.27. The summed E-state index contributed by atoms with van der Waals surface area (Å²) in [6, 6.07) is 8.52. The average Bonchev–Trinajstić information content (AvgIpc) is 2.65. The molecule has 3 amide bonds. The van der Waals surface area contributed by atoms with Crippen LogP contribution in [0, 0.1) is 0 Å². The normalized spacial score (nSPS) is 19.2. The molecule has 1 aliphatic heterocycles. The number of imide groups is 1. The summed E-state index contributed by atoms with van der Waals surface area (Å²) >= 11 is 0.